The fourth-order valence-corrected chi connectivity index (χ4v) is 3.64. The summed E-state index contributed by atoms with van der Waals surface area (Å²) < 4.78 is 47.6. The lowest BCUT2D eigenvalue weighted by Crippen LogP contribution is -2.36. The molecule has 0 bridgehead atoms. The number of fused-ring (bicyclic) bond motifs is 1. The van der Waals surface area contributed by atoms with Crippen LogP contribution in [0.3, 0.4) is 0 Å². The molecule has 2 N–H and O–H groups in total. The summed E-state index contributed by atoms with van der Waals surface area (Å²) >= 11 is 0. The minimum atomic E-state index is -4.52. The predicted octanol–water partition coefficient (Wildman–Crippen LogP) is 5.11. The van der Waals surface area contributed by atoms with E-state index >= 15 is 0 Å². The average Bonchev–Trinajstić information content (AvgIpc) is 3.18. The molecule has 2 heterocycles. The smallest absolute Gasteiger partial charge is 0.410 e. The van der Waals surface area contributed by atoms with E-state index in [1.807, 2.05) is 19.1 Å². The van der Waals surface area contributed by atoms with Gasteiger partial charge in [-0.05, 0) is 36.8 Å². The SMILES string of the molecule is COc1cccc([C@H]2C[C@@H](C(F)(F)F)n3ncc(C(=O)Nc4ccc(C)cc4)c3N2)c1. The molecule has 1 aromatic heterocycles. The molecule has 4 rings (SSSR count). The third-order valence-corrected chi connectivity index (χ3v) is 5.29. The minimum absolute atomic E-state index is 0.0333. The quantitative estimate of drug-likeness (QED) is 0.603. The van der Waals surface area contributed by atoms with E-state index in [1.54, 1.807) is 36.4 Å². The zero-order valence-corrected chi connectivity index (χ0v) is 16.9. The van der Waals surface area contributed by atoms with Crippen LogP contribution in [0.25, 0.3) is 0 Å². The number of nitrogens with zero attached hydrogens (tertiary/aromatic N) is 2. The summed E-state index contributed by atoms with van der Waals surface area (Å²) in [7, 11) is 1.49. The molecule has 3 aromatic rings. The van der Waals surface area contributed by atoms with Crippen LogP contribution in [-0.4, -0.2) is 29.0 Å². The molecule has 0 fully saturated rings. The van der Waals surface area contributed by atoms with Gasteiger partial charge in [-0.3, -0.25) is 4.79 Å². The molecule has 31 heavy (non-hydrogen) atoms. The highest BCUT2D eigenvalue weighted by Gasteiger charge is 2.47. The first kappa shape index (κ1) is 20.8. The summed E-state index contributed by atoms with van der Waals surface area (Å²) in [4.78, 5) is 12.8. The van der Waals surface area contributed by atoms with Crippen molar-refractivity contribution in [2.24, 2.45) is 0 Å². The van der Waals surface area contributed by atoms with Crippen molar-refractivity contribution in [3.8, 4) is 5.75 Å². The van der Waals surface area contributed by atoms with Crippen LogP contribution >= 0.6 is 0 Å². The van der Waals surface area contributed by atoms with E-state index in [4.69, 9.17) is 4.74 Å². The Balaban J connectivity index is 1.68. The summed E-state index contributed by atoms with van der Waals surface area (Å²) in [5, 5.41) is 9.68. The Bertz CT molecular complexity index is 1090. The number of aromatic nitrogens is 2. The van der Waals surface area contributed by atoms with E-state index in [0.29, 0.717) is 17.0 Å². The van der Waals surface area contributed by atoms with Crippen molar-refractivity contribution in [2.45, 2.75) is 31.6 Å². The third-order valence-electron chi connectivity index (χ3n) is 5.29. The van der Waals surface area contributed by atoms with E-state index in [-0.39, 0.29) is 17.8 Å². The second kappa shape index (κ2) is 7.98. The average molecular weight is 430 g/mol. The largest absolute Gasteiger partial charge is 0.497 e. The van der Waals surface area contributed by atoms with Gasteiger partial charge in [0.2, 0.25) is 0 Å². The number of rotatable bonds is 4. The van der Waals surface area contributed by atoms with Crippen molar-refractivity contribution in [2.75, 3.05) is 17.7 Å². The first-order valence-electron chi connectivity index (χ1n) is 9.69. The van der Waals surface area contributed by atoms with E-state index in [0.717, 1.165) is 10.2 Å². The number of halogens is 3. The second-order valence-corrected chi connectivity index (χ2v) is 7.44. The monoisotopic (exact) mass is 430 g/mol. The van der Waals surface area contributed by atoms with Gasteiger partial charge < -0.3 is 15.4 Å². The van der Waals surface area contributed by atoms with Crippen molar-refractivity contribution < 1.29 is 22.7 Å². The molecule has 2 atom stereocenters. The third kappa shape index (κ3) is 4.21. The minimum Gasteiger partial charge on any atom is -0.497 e. The number of ether oxygens (including phenoxy) is 1. The highest BCUT2D eigenvalue weighted by Crippen LogP contribution is 2.44. The maximum atomic E-state index is 13.8. The molecular formula is C22H21F3N4O2. The molecule has 1 aliphatic rings. The molecule has 1 aliphatic heterocycles. The van der Waals surface area contributed by atoms with Crippen LogP contribution in [0.4, 0.5) is 24.7 Å². The molecular weight excluding hydrogens is 409 g/mol. The molecule has 0 saturated heterocycles. The van der Waals surface area contributed by atoms with E-state index in [9.17, 15) is 18.0 Å². The summed E-state index contributed by atoms with van der Waals surface area (Å²) in [6.07, 6.45) is -3.62. The normalized spacial score (nSPS) is 18.1. The lowest BCUT2D eigenvalue weighted by atomic mass is 9.96. The van der Waals surface area contributed by atoms with Crippen LogP contribution < -0.4 is 15.4 Å². The first-order chi connectivity index (χ1) is 14.8. The van der Waals surface area contributed by atoms with Gasteiger partial charge in [-0.1, -0.05) is 29.8 Å². The predicted molar refractivity (Wildman–Crippen MR) is 110 cm³/mol. The van der Waals surface area contributed by atoms with Gasteiger partial charge in [-0.15, -0.1) is 0 Å². The van der Waals surface area contributed by atoms with Crippen molar-refractivity contribution in [3.63, 3.8) is 0 Å². The Morgan fingerprint density at radius 2 is 1.97 bits per heavy atom. The van der Waals surface area contributed by atoms with Gasteiger partial charge >= 0.3 is 6.18 Å². The van der Waals surface area contributed by atoms with Crippen molar-refractivity contribution in [1.29, 1.82) is 0 Å². The molecule has 0 saturated carbocycles. The fourth-order valence-electron chi connectivity index (χ4n) is 3.64. The van der Waals surface area contributed by atoms with E-state index in [1.165, 1.54) is 13.3 Å². The maximum Gasteiger partial charge on any atom is 0.410 e. The van der Waals surface area contributed by atoms with Crippen LogP contribution in [0.1, 0.15) is 40.0 Å². The summed E-state index contributed by atoms with van der Waals surface area (Å²) in [6.45, 7) is 1.92. The summed E-state index contributed by atoms with van der Waals surface area (Å²) in [6, 6.07) is 11.4. The number of hydrogen-bond acceptors (Lipinski definition) is 4. The zero-order chi connectivity index (χ0) is 22.2. The molecule has 1 amide bonds. The summed E-state index contributed by atoms with van der Waals surface area (Å²) in [5.74, 6) is 0.0371. The maximum absolute atomic E-state index is 13.8. The Kier molecular flexibility index (Phi) is 5.34. The second-order valence-electron chi connectivity index (χ2n) is 7.44. The van der Waals surface area contributed by atoms with Crippen LogP contribution in [0, 0.1) is 6.92 Å². The van der Waals surface area contributed by atoms with Crippen molar-refractivity contribution >= 4 is 17.4 Å². The van der Waals surface area contributed by atoms with Gasteiger partial charge in [0.1, 0.15) is 17.1 Å². The Labute approximate surface area is 177 Å². The van der Waals surface area contributed by atoms with Crippen molar-refractivity contribution in [1.82, 2.24) is 9.78 Å². The van der Waals surface area contributed by atoms with E-state index < -0.39 is 24.2 Å². The number of amides is 1. The fraction of sp³-hybridized carbons (Fsp3) is 0.273. The number of nitrogens with one attached hydrogen (secondary N) is 2. The number of hydrogen-bond donors (Lipinski definition) is 2. The highest BCUT2D eigenvalue weighted by atomic mass is 19.4. The molecule has 2 aromatic carbocycles. The molecule has 0 spiro atoms. The highest BCUT2D eigenvalue weighted by molar-refractivity contribution is 6.07. The first-order valence-corrected chi connectivity index (χ1v) is 9.69. The van der Waals surface area contributed by atoms with Crippen LogP contribution in [0.15, 0.2) is 54.7 Å². The van der Waals surface area contributed by atoms with Crippen LogP contribution in [0.2, 0.25) is 0 Å². The molecule has 0 radical (unpaired) electrons. The molecule has 162 valence electrons. The van der Waals surface area contributed by atoms with Gasteiger partial charge in [0, 0.05) is 12.1 Å². The van der Waals surface area contributed by atoms with Gasteiger partial charge in [0.25, 0.3) is 5.91 Å². The molecule has 0 unspecified atom stereocenters. The Morgan fingerprint density at radius 1 is 1.23 bits per heavy atom. The lowest BCUT2D eigenvalue weighted by molar-refractivity contribution is -0.173. The molecule has 9 heteroatoms. The number of benzene rings is 2. The van der Waals surface area contributed by atoms with Gasteiger partial charge in [0.05, 0.1) is 19.3 Å². The van der Waals surface area contributed by atoms with Gasteiger partial charge in [-0.25, -0.2) is 4.68 Å². The zero-order valence-electron chi connectivity index (χ0n) is 16.9. The Hall–Kier alpha value is -3.49. The van der Waals surface area contributed by atoms with Crippen LogP contribution in [-0.2, 0) is 0 Å². The van der Waals surface area contributed by atoms with Crippen LogP contribution in [0.5, 0.6) is 5.75 Å². The summed E-state index contributed by atoms with van der Waals surface area (Å²) in [5.41, 5.74) is 2.24. The number of alkyl halides is 3. The molecule has 0 aliphatic carbocycles. The molecule has 6 nitrogen and oxygen atoms in total. The number of carbonyl (C=O) groups is 1. The Morgan fingerprint density at radius 3 is 2.65 bits per heavy atom. The van der Waals surface area contributed by atoms with Gasteiger partial charge in [-0.2, -0.15) is 18.3 Å². The standard InChI is InChI=1S/C22H21F3N4O2/c1-13-6-8-15(9-7-13)27-21(30)17-12-26-29-19(22(23,24)25)11-18(28-20(17)29)14-4-3-5-16(10-14)31-2/h3-10,12,18-19,28H,11H2,1-2H3,(H,27,30)/t18-,19+/m1/s1. The number of aryl methyl sites for hydroxylation is 1. The number of anilines is 2. The number of methoxy groups -OCH3 is 1. The number of carbonyl (C=O) groups excluding carboxylic acids is 1. The van der Waals surface area contributed by atoms with Crippen molar-refractivity contribution in [3.05, 3.63) is 71.4 Å². The van der Waals surface area contributed by atoms with Gasteiger partial charge in [0.15, 0.2) is 6.04 Å². The van der Waals surface area contributed by atoms with E-state index in [2.05, 4.69) is 15.7 Å². The topological polar surface area (TPSA) is 68.2 Å². The lowest BCUT2D eigenvalue weighted by Gasteiger charge is -2.34.